The van der Waals surface area contributed by atoms with Gasteiger partial charge in [0.25, 0.3) is 0 Å². The fourth-order valence-electron chi connectivity index (χ4n) is 1.70. The Morgan fingerprint density at radius 2 is 1.94 bits per heavy atom. The number of sulfonamides is 1. The lowest BCUT2D eigenvalue weighted by molar-refractivity contribution is 0.160. The van der Waals surface area contributed by atoms with Gasteiger partial charge in [-0.15, -0.1) is 0 Å². The molecule has 1 aliphatic heterocycles. The van der Waals surface area contributed by atoms with Crippen molar-refractivity contribution in [2.45, 2.75) is 6.92 Å². The highest BCUT2D eigenvalue weighted by Crippen LogP contribution is 2.07. The summed E-state index contributed by atoms with van der Waals surface area (Å²) in [5, 5.41) is 8.55. The molecule has 0 saturated carbocycles. The molecular weight excluding hydrogens is 242 g/mol. The molecule has 1 aliphatic rings. The Bertz CT molecular complexity index is 355. The van der Waals surface area contributed by atoms with E-state index in [1.807, 2.05) is 11.8 Å². The maximum atomic E-state index is 11.9. The summed E-state index contributed by atoms with van der Waals surface area (Å²) in [4.78, 5) is 1.95. The molecule has 6 nitrogen and oxygen atoms in total. The van der Waals surface area contributed by atoms with Crippen molar-refractivity contribution < 1.29 is 13.2 Å². The maximum Gasteiger partial charge on any atom is 0.216 e. The molecule has 0 aromatic rings. The highest BCUT2D eigenvalue weighted by molar-refractivity contribution is 7.89. The molecule has 98 valence electrons. The van der Waals surface area contributed by atoms with E-state index in [1.165, 1.54) is 4.31 Å². The van der Waals surface area contributed by atoms with E-state index in [-0.39, 0.29) is 12.4 Å². The zero-order valence-electron chi connectivity index (χ0n) is 10.1. The monoisotopic (exact) mass is 261 g/mol. The van der Waals surface area contributed by atoms with Crippen LogP contribution in [0.3, 0.4) is 0 Å². The normalized spacial score (nSPS) is 19.1. The minimum absolute atomic E-state index is 0.0408. The molecule has 0 spiro atoms. The first-order valence-electron chi connectivity index (χ1n) is 5.75. The standard InChI is InChI=1S/C10H19N3O3S/c1-2-16-9-10-17(14,15)13-7-5-12(4-3-11)6-8-13/h2,4-10H2,1H3. The third-order valence-electron chi connectivity index (χ3n) is 2.71. The Balaban J connectivity index is 2.39. The van der Waals surface area contributed by atoms with Gasteiger partial charge in [0.05, 0.1) is 25.0 Å². The van der Waals surface area contributed by atoms with Crippen molar-refractivity contribution in [3.8, 4) is 6.07 Å². The highest BCUT2D eigenvalue weighted by atomic mass is 32.2. The molecule has 0 aromatic carbocycles. The topological polar surface area (TPSA) is 73.6 Å². The summed E-state index contributed by atoms with van der Waals surface area (Å²) in [6.07, 6.45) is 0. The van der Waals surface area contributed by atoms with E-state index < -0.39 is 10.0 Å². The van der Waals surface area contributed by atoms with Crippen LogP contribution in [0.25, 0.3) is 0 Å². The fraction of sp³-hybridized carbons (Fsp3) is 0.900. The van der Waals surface area contributed by atoms with Gasteiger partial charge in [0.2, 0.25) is 10.0 Å². The van der Waals surface area contributed by atoms with Crippen LogP contribution in [0, 0.1) is 11.3 Å². The van der Waals surface area contributed by atoms with Crippen LogP contribution in [0.2, 0.25) is 0 Å². The van der Waals surface area contributed by atoms with Crippen molar-refractivity contribution in [1.82, 2.24) is 9.21 Å². The van der Waals surface area contributed by atoms with Crippen molar-refractivity contribution in [3.63, 3.8) is 0 Å². The van der Waals surface area contributed by atoms with Gasteiger partial charge in [0, 0.05) is 32.8 Å². The number of piperazine rings is 1. The Hall–Kier alpha value is -0.680. The molecular formula is C10H19N3O3S. The summed E-state index contributed by atoms with van der Waals surface area (Å²) < 4.78 is 30.3. The van der Waals surface area contributed by atoms with Crippen LogP contribution in [0.5, 0.6) is 0 Å². The molecule has 1 rings (SSSR count). The lowest BCUT2D eigenvalue weighted by atomic mass is 10.4. The smallest absolute Gasteiger partial charge is 0.216 e. The number of ether oxygens (including phenoxy) is 1. The molecule has 1 fully saturated rings. The number of nitriles is 1. The van der Waals surface area contributed by atoms with Crippen molar-refractivity contribution in [2.24, 2.45) is 0 Å². The number of nitrogens with zero attached hydrogens (tertiary/aromatic N) is 3. The van der Waals surface area contributed by atoms with Crippen LogP contribution >= 0.6 is 0 Å². The van der Waals surface area contributed by atoms with Gasteiger partial charge in [0.15, 0.2) is 0 Å². The van der Waals surface area contributed by atoms with Gasteiger partial charge in [-0.1, -0.05) is 0 Å². The molecule has 0 unspecified atom stereocenters. The second-order valence-electron chi connectivity index (χ2n) is 3.85. The quantitative estimate of drug-likeness (QED) is 0.476. The zero-order valence-corrected chi connectivity index (χ0v) is 10.9. The third-order valence-corrected chi connectivity index (χ3v) is 4.54. The molecule has 0 atom stereocenters. The second kappa shape index (κ2) is 6.91. The van der Waals surface area contributed by atoms with Crippen LogP contribution in [0.15, 0.2) is 0 Å². The lowest BCUT2D eigenvalue weighted by Gasteiger charge is -2.32. The summed E-state index contributed by atoms with van der Waals surface area (Å²) in [6.45, 7) is 5.18. The van der Waals surface area contributed by atoms with E-state index >= 15 is 0 Å². The van der Waals surface area contributed by atoms with E-state index in [2.05, 4.69) is 6.07 Å². The first-order valence-corrected chi connectivity index (χ1v) is 7.36. The first kappa shape index (κ1) is 14.4. The van der Waals surface area contributed by atoms with Gasteiger partial charge in [0.1, 0.15) is 0 Å². The Labute approximate surface area is 103 Å². The summed E-state index contributed by atoms with van der Waals surface area (Å²) in [6, 6.07) is 2.07. The van der Waals surface area contributed by atoms with Crippen LogP contribution in [0.4, 0.5) is 0 Å². The van der Waals surface area contributed by atoms with Crippen LogP contribution in [0.1, 0.15) is 6.92 Å². The molecule has 0 amide bonds. The third kappa shape index (κ3) is 4.60. The summed E-state index contributed by atoms with van der Waals surface area (Å²) in [5.41, 5.74) is 0. The van der Waals surface area contributed by atoms with E-state index in [0.29, 0.717) is 39.3 Å². The van der Waals surface area contributed by atoms with Crippen LogP contribution in [-0.2, 0) is 14.8 Å². The summed E-state index contributed by atoms with van der Waals surface area (Å²) in [7, 11) is -3.20. The van der Waals surface area contributed by atoms with Crippen molar-refractivity contribution in [3.05, 3.63) is 0 Å². The maximum absolute atomic E-state index is 11.9. The second-order valence-corrected chi connectivity index (χ2v) is 5.93. The Kier molecular flexibility index (Phi) is 5.85. The molecule has 17 heavy (non-hydrogen) atoms. The van der Waals surface area contributed by atoms with Crippen molar-refractivity contribution in [2.75, 3.05) is 51.7 Å². The molecule has 0 N–H and O–H groups in total. The predicted molar refractivity (Wildman–Crippen MR) is 63.9 cm³/mol. The number of rotatable bonds is 6. The zero-order chi connectivity index (χ0) is 12.7. The van der Waals surface area contributed by atoms with Gasteiger partial charge in [-0.05, 0) is 6.92 Å². The molecule has 0 radical (unpaired) electrons. The first-order chi connectivity index (χ1) is 8.10. The minimum Gasteiger partial charge on any atom is -0.381 e. The number of hydrogen-bond donors (Lipinski definition) is 0. The van der Waals surface area contributed by atoms with Crippen molar-refractivity contribution >= 4 is 10.0 Å². The van der Waals surface area contributed by atoms with Gasteiger partial charge in [-0.3, -0.25) is 4.90 Å². The van der Waals surface area contributed by atoms with Gasteiger partial charge < -0.3 is 4.74 Å². The fourth-order valence-corrected chi connectivity index (χ4v) is 3.01. The molecule has 0 aliphatic carbocycles. The Morgan fingerprint density at radius 3 is 2.47 bits per heavy atom. The molecule has 0 bridgehead atoms. The van der Waals surface area contributed by atoms with Gasteiger partial charge in [-0.2, -0.15) is 9.57 Å². The van der Waals surface area contributed by atoms with E-state index in [9.17, 15) is 8.42 Å². The minimum atomic E-state index is -3.20. The Morgan fingerprint density at radius 1 is 1.29 bits per heavy atom. The largest absolute Gasteiger partial charge is 0.381 e. The summed E-state index contributed by atoms with van der Waals surface area (Å²) in [5.74, 6) is 0.0408. The number of hydrogen-bond acceptors (Lipinski definition) is 5. The van der Waals surface area contributed by atoms with Crippen LogP contribution < -0.4 is 0 Å². The van der Waals surface area contributed by atoms with E-state index in [4.69, 9.17) is 10.00 Å². The van der Waals surface area contributed by atoms with Crippen LogP contribution in [-0.4, -0.2) is 69.3 Å². The average Bonchev–Trinajstić information content (AvgIpc) is 2.30. The molecule has 0 aromatic heterocycles. The average molecular weight is 261 g/mol. The summed E-state index contributed by atoms with van der Waals surface area (Å²) >= 11 is 0. The molecule has 1 saturated heterocycles. The predicted octanol–water partition coefficient (Wildman–Crippen LogP) is -0.506. The lowest BCUT2D eigenvalue weighted by Crippen LogP contribution is -2.49. The van der Waals surface area contributed by atoms with E-state index in [1.54, 1.807) is 0 Å². The molecule has 7 heteroatoms. The van der Waals surface area contributed by atoms with Gasteiger partial charge >= 0.3 is 0 Å². The van der Waals surface area contributed by atoms with Crippen molar-refractivity contribution in [1.29, 1.82) is 5.26 Å². The SMILES string of the molecule is CCOCCS(=O)(=O)N1CCN(CC#N)CC1. The highest BCUT2D eigenvalue weighted by Gasteiger charge is 2.26. The molecule has 1 heterocycles. The van der Waals surface area contributed by atoms with E-state index in [0.717, 1.165) is 0 Å². The van der Waals surface area contributed by atoms with Gasteiger partial charge in [-0.25, -0.2) is 8.42 Å².